The topological polar surface area (TPSA) is 49.7 Å². The highest BCUT2D eigenvalue weighted by molar-refractivity contribution is 7.39. The van der Waals surface area contributed by atoms with Crippen molar-refractivity contribution in [2.45, 2.75) is 32.6 Å². The summed E-state index contributed by atoms with van der Waals surface area (Å²) in [5.74, 6) is 0. The molecule has 10 heavy (non-hydrogen) atoms. The van der Waals surface area contributed by atoms with Crippen LogP contribution in [0.1, 0.15) is 32.6 Å². The maximum atomic E-state index is 7.95. The Bertz CT molecular complexity index is 60.0. The smallest absolute Gasteiger partial charge is 0.327 e. The molecule has 1 saturated carbocycles. The van der Waals surface area contributed by atoms with Gasteiger partial charge in [0.15, 0.2) is 0 Å². The third-order valence-corrected chi connectivity index (χ3v) is 1.73. The predicted molar refractivity (Wildman–Crippen MR) is 41.5 cm³/mol. The van der Waals surface area contributed by atoms with Crippen LogP contribution in [0.2, 0.25) is 0 Å². The van der Waals surface area contributed by atoms with Gasteiger partial charge >= 0.3 is 8.60 Å². The summed E-state index contributed by atoms with van der Waals surface area (Å²) in [5, 5.41) is 0. The van der Waals surface area contributed by atoms with Crippen molar-refractivity contribution in [1.29, 1.82) is 0 Å². The second kappa shape index (κ2) is 7.42. The third-order valence-electron chi connectivity index (χ3n) is 1.24. The van der Waals surface area contributed by atoms with Gasteiger partial charge in [0.05, 0.1) is 6.61 Å². The van der Waals surface area contributed by atoms with E-state index in [0.29, 0.717) is 6.61 Å². The summed E-state index contributed by atoms with van der Waals surface area (Å²) in [5.41, 5.74) is 0. The standard InChI is InChI=1S/C4H8.C2H7O3P/c1-2-4-3-1;1-2-5-6(3)4/h1-4H2;3-4H,2H2,1H3. The lowest BCUT2D eigenvalue weighted by atomic mass is 10.0. The zero-order valence-corrected chi connectivity index (χ0v) is 7.18. The number of rotatable bonds is 2. The SMILES string of the molecule is C1CCC1.CCOP(O)O. The second-order valence-electron chi connectivity index (χ2n) is 2.08. The van der Waals surface area contributed by atoms with Crippen molar-refractivity contribution in [2.75, 3.05) is 6.61 Å². The molecular formula is C6H15O3P. The van der Waals surface area contributed by atoms with Crippen molar-refractivity contribution in [3.05, 3.63) is 0 Å². The first-order valence-electron chi connectivity index (χ1n) is 3.58. The molecule has 0 aliphatic heterocycles. The maximum absolute atomic E-state index is 7.95. The summed E-state index contributed by atoms with van der Waals surface area (Å²) < 4.78 is 4.22. The van der Waals surface area contributed by atoms with Crippen molar-refractivity contribution < 1.29 is 14.3 Å². The minimum absolute atomic E-state index is 0.360. The first-order chi connectivity index (χ1) is 4.77. The fourth-order valence-corrected chi connectivity index (χ4v) is 0.596. The van der Waals surface area contributed by atoms with Crippen LogP contribution in [0.25, 0.3) is 0 Å². The van der Waals surface area contributed by atoms with Gasteiger partial charge in [0.2, 0.25) is 0 Å². The molecule has 0 unspecified atom stereocenters. The lowest BCUT2D eigenvalue weighted by Gasteiger charge is -2.05. The van der Waals surface area contributed by atoms with Crippen molar-refractivity contribution in [3.63, 3.8) is 0 Å². The quantitative estimate of drug-likeness (QED) is 0.615. The Labute approximate surface area is 63.0 Å². The monoisotopic (exact) mass is 166 g/mol. The first-order valence-corrected chi connectivity index (χ1v) is 4.74. The molecule has 0 aromatic heterocycles. The molecule has 0 saturated heterocycles. The molecule has 1 aliphatic rings. The van der Waals surface area contributed by atoms with Crippen molar-refractivity contribution in [2.24, 2.45) is 0 Å². The molecule has 0 amide bonds. The van der Waals surface area contributed by atoms with Crippen LogP contribution < -0.4 is 0 Å². The van der Waals surface area contributed by atoms with Crippen LogP contribution in [-0.2, 0) is 4.52 Å². The molecule has 0 bridgehead atoms. The van der Waals surface area contributed by atoms with Gasteiger partial charge in [-0.25, -0.2) is 0 Å². The van der Waals surface area contributed by atoms with Crippen LogP contribution in [0.15, 0.2) is 0 Å². The van der Waals surface area contributed by atoms with Crippen molar-refractivity contribution >= 4 is 8.60 Å². The lowest BCUT2D eigenvalue weighted by Crippen LogP contribution is -1.85. The molecule has 2 N–H and O–H groups in total. The van der Waals surface area contributed by atoms with Gasteiger partial charge in [-0.1, -0.05) is 25.7 Å². The fourth-order valence-electron chi connectivity index (χ4n) is 0.365. The van der Waals surface area contributed by atoms with E-state index >= 15 is 0 Å². The molecule has 0 heterocycles. The molecule has 0 atom stereocenters. The van der Waals surface area contributed by atoms with E-state index in [1.807, 2.05) is 0 Å². The van der Waals surface area contributed by atoms with Crippen LogP contribution in [0.4, 0.5) is 0 Å². The molecule has 1 rings (SSSR count). The molecule has 0 aromatic rings. The second-order valence-corrected chi connectivity index (χ2v) is 2.85. The molecule has 0 aromatic carbocycles. The largest absolute Gasteiger partial charge is 0.328 e. The zero-order chi connectivity index (χ0) is 7.82. The van der Waals surface area contributed by atoms with E-state index in [0.717, 1.165) is 0 Å². The highest BCUT2D eigenvalue weighted by Gasteiger charge is 1.95. The van der Waals surface area contributed by atoms with Crippen LogP contribution in [0.3, 0.4) is 0 Å². The van der Waals surface area contributed by atoms with Crippen LogP contribution in [0, 0.1) is 0 Å². The molecule has 62 valence electrons. The average Bonchev–Trinajstić information content (AvgIpc) is 1.58. The Kier molecular flexibility index (Phi) is 7.65. The minimum atomic E-state index is -2.10. The average molecular weight is 166 g/mol. The van der Waals surface area contributed by atoms with Crippen molar-refractivity contribution in [1.82, 2.24) is 0 Å². The van der Waals surface area contributed by atoms with Crippen LogP contribution in [-0.4, -0.2) is 16.4 Å². The summed E-state index contributed by atoms with van der Waals surface area (Å²) in [4.78, 5) is 15.9. The van der Waals surface area contributed by atoms with Gasteiger partial charge in [0.1, 0.15) is 0 Å². The Morgan fingerprint density at radius 2 is 1.60 bits per heavy atom. The summed E-state index contributed by atoms with van der Waals surface area (Å²) in [6.45, 7) is 2.06. The molecular weight excluding hydrogens is 151 g/mol. The minimum Gasteiger partial charge on any atom is -0.328 e. The van der Waals surface area contributed by atoms with E-state index in [1.54, 1.807) is 6.92 Å². The lowest BCUT2D eigenvalue weighted by molar-refractivity contribution is 0.269. The van der Waals surface area contributed by atoms with Gasteiger partial charge in [0, 0.05) is 0 Å². The van der Waals surface area contributed by atoms with E-state index < -0.39 is 8.60 Å². The first kappa shape index (κ1) is 10.3. The summed E-state index contributed by atoms with van der Waals surface area (Å²) in [6, 6.07) is 0. The third kappa shape index (κ3) is 8.31. The number of hydrogen-bond donors (Lipinski definition) is 2. The van der Waals surface area contributed by atoms with Gasteiger partial charge in [0.25, 0.3) is 0 Å². The van der Waals surface area contributed by atoms with E-state index in [2.05, 4.69) is 4.52 Å². The number of hydrogen-bond acceptors (Lipinski definition) is 3. The molecule has 1 fully saturated rings. The van der Waals surface area contributed by atoms with Crippen molar-refractivity contribution in [3.8, 4) is 0 Å². The van der Waals surface area contributed by atoms with Gasteiger partial charge in [-0.2, -0.15) is 0 Å². The predicted octanol–water partition coefficient (Wildman–Crippen LogP) is 1.79. The van der Waals surface area contributed by atoms with Gasteiger partial charge in [-0.3, -0.25) is 0 Å². The van der Waals surface area contributed by atoms with Crippen LogP contribution >= 0.6 is 8.60 Å². The molecule has 3 nitrogen and oxygen atoms in total. The molecule has 0 radical (unpaired) electrons. The van der Waals surface area contributed by atoms with Gasteiger partial charge in [-0.05, 0) is 6.92 Å². The van der Waals surface area contributed by atoms with E-state index in [-0.39, 0.29) is 0 Å². The van der Waals surface area contributed by atoms with Gasteiger partial charge in [-0.15, -0.1) is 0 Å². The molecule has 4 heteroatoms. The molecule has 1 aliphatic carbocycles. The normalized spacial score (nSPS) is 15.6. The summed E-state index contributed by atoms with van der Waals surface area (Å²) >= 11 is 0. The zero-order valence-electron chi connectivity index (χ0n) is 6.29. The highest BCUT2D eigenvalue weighted by atomic mass is 31.2. The van der Waals surface area contributed by atoms with E-state index in [9.17, 15) is 0 Å². The van der Waals surface area contributed by atoms with Gasteiger partial charge < -0.3 is 14.3 Å². The Hall–Kier alpha value is 0.310. The maximum Gasteiger partial charge on any atom is 0.327 e. The fraction of sp³-hybridized carbons (Fsp3) is 1.00. The Balaban J connectivity index is 0.000000172. The Morgan fingerprint density at radius 1 is 1.20 bits per heavy atom. The molecule has 0 spiro atoms. The van der Waals surface area contributed by atoms with Crippen LogP contribution in [0.5, 0.6) is 0 Å². The summed E-state index contributed by atoms with van der Waals surface area (Å²) in [6.07, 6.45) is 6.00. The van der Waals surface area contributed by atoms with E-state index in [4.69, 9.17) is 9.79 Å². The van der Waals surface area contributed by atoms with E-state index in [1.165, 1.54) is 25.7 Å². The highest BCUT2D eigenvalue weighted by Crippen LogP contribution is 2.22. The Morgan fingerprint density at radius 3 is 1.60 bits per heavy atom. The summed E-state index contributed by atoms with van der Waals surface area (Å²) in [7, 11) is -2.10.